The van der Waals surface area contributed by atoms with Gasteiger partial charge in [0.25, 0.3) is 0 Å². The molecule has 0 saturated carbocycles. The molecule has 10 heavy (non-hydrogen) atoms. The summed E-state index contributed by atoms with van der Waals surface area (Å²) in [6.45, 7) is 5.68. The van der Waals surface area contributed by atoms with Crippen molar-refractivity contribution in [2.24, 2.45) is 0 Å². The van der Waals surface area contributed by atoms with Crippen molar-refractivity contribution in [2.45, 2.75) is 6.92 Å². The van der Waals surface area contributed by atoms with Gasteiger partial charge in [0.1, 0.15) is 5.76 Å². The fourth-order valence-electron chi connectivity index (χ4n) is 0.377. The third-order valence-corrected chi connectivity index (χ3v) is 1.62. The molecule has 0 aromatic rings. The highest BCUT2D eigenvalue weighted by molar-refractivity contribution is 14.1. The Balaban J connectivity index is 4.18. The first kappa shape index (κ1) is 10.2. The third kappa shape index (κ3) is 4.07. The van der Waals surface area contributed by atoms with Gasteiger partial charge in [-0.05, 0) is 35.6 Å². The average Bonchev–Trinajstić information content (AvgIpc) is 1.89. The molecule has 0 N–H and O–H groups in total. The summed E-state index contributed by atoms with van der Waals surface area (Å²) < 4.78 is 5.83. The number of hydrogen-bond donors (Lipinski definition) is 0. The molecule has 0 aromatic carbocycles. The number of rotatable bonds is 3. The zero-order valence-electron chi connectivity index (χ0n) is 5.80. The lowest BCUT2D eigenvalue weighted by Crippen LogP contribution is -1.77. The maximum atomic E-state index is 4.93. The Morgan fingerprint density at radius 1 is 1.70 bits per heavy atom. The van der Waals surface area contributed by atoms with E-state index in [4.69, 9.17) is 4.52 Å². The topological polar surface area (TPSA) is 9.23 Å². The molecule has 0 amide bonds. The van der Waals surface area contributed by atoms with Gasteiger partial charge < -0.3 is 4.52 Å². The molecule has 0 radical (unpaired) electrons. The van der Waals surface area contributed by atoms with E-state index in [1.165, 1.54) is 0 Å². The Labute approximate surface area is 77.7 Å². The second kappa shape index (κ2) is 5.93. The minimum Gasteiger partial charge on any atom is -0.479 e. The van der Waals surface area contributed by atoms with Crippen LogP contribution in [0.2, 0.25) is 0 Å². The van der Waals surface area contributed by atoms with Crippen molar-refractivity contribution in [3.05, 3.63) is 34.1 Å². The Hall–Kier alpha value is 0.180. The molecule has 0 fully saturated rings. The van der Waals surface area contributed by atoms with Crippen LogP contribution in [-0.4, -0.2) is 0 Å². The van der Waals surface area contributed by atoms with Crippen LogP contribution in [0.25, 0.3) is 0 Å². The second-order valence-electron chi connectivity index (χ2n) is 1.58. The summed E-state index contributed by atoms with van der Waals surface area (Å²) in [6.07, 6.45) is 5.70. The monoisotopic (exact) mass is 268 g/mol. The molecule has 0 aliphatic carbocycles. The molecule has 1 atom stereocenters. The minimum absolute atomic E-state index is 0.781. The van der Waals surface area contributed by atoms with E-state index in [-0.39, 0.29) is 0 Å². The molecule has 0 aliphatic rings. The van der Waals surface area contributed by atoms with Gasteiger partial charge in [-0.3, -0.25) is 0 Å². The first-order valence-electron chi connectivity index (χ1n) is 2.77. The van der Waals surface area contributed by atoms with E-state index in [0.29, 0.717) is 0 Å². The van der Waals surface area contributed by atoms with E-state index in [0.717, 1.165) is 9.34 Å². The molecule has 0 aromatic heterocycles. The Morgan fingerprint density at radius 2 is 2.30 bits per heavy atom. The lowest BCUT2D eigenvalue weighted by atomic mass is 10.4. The lowest BCUT2D eigenvalue weighted by molar-refractivity contribution is 0.520. The first-order chi connectivity index (χ1) is 4.72. The quantitative estimate of drug-likeness (QED) is 0.330. The summed E-state index contributed by atoms with van der Waals surface area (Å²) in [7, 11) is 2.19. The molecule has 3 heteroatoms. The van der Waals surface area contributed by atoms with E-state index in [2.05, 4.69) is 38.6 Å². The van der Waals surface area contributed by atoms with E-state index in [9.17, 15) is 0 Å². The van der Waals surface area contributed by atoms with E-state index in [1.807, 2.05) is 25.2 Å². The summed E-state index contributed by atoms with van der Waals surface area (Å²) in [6, 6.07) is 0. The fraction of sp³-hybridized carbons (Fsp3) is 0.143. The van der Waals surface area contributed by atoms with Crippen molar-refractivity contribution in [3.8, 4) is 0 Å². The van der Waals surface area contributed by atoms with Gasteiger partial charge in [0.05, 0.1) is 9.47 Å². The van der Waals surface area contributed by atoms with E-state index < -0.39 is 0 Å². The first-order valence-corrected chi connectivity index (χ1v) is 4.32. The standard InChI is InChI=1S/C7H10IOP/c1-3-4-5-7(9-10)6(2)8/h3-5H,2,10H2,1H3/b4-3-,7-5+. The summed E-state index contributed by atoms with van der Waals surface area (Å²) in [5.41, 5.74) is 0. The van der Waals surface area contributed by atoms with Crippen LogP contribution in [0.5, 0.6) is 0 Å². The zero-order chi connectivity index (χ0) is 7.98. The maximum Gasteiger partial charge on any atom is 0.135 e. The van der Waals surface area contributed by atoms with E-state index in [1.54, 1.807) is 0 Å². The van der Waals surface area contributed by atoms with Gasteiger partial charge in [0.15, 0.2) is 0 Å². The van der Waals surface area contributed by atoms with Gasteiger partial charge >= 0.3 is 0 Å². The van der Waals surface area contributed by atoms with Crippen LogP contribution in [0.3, 0.4) is 0 Å². The highest BCUT2D eigenvalue weighted by atomic mass is 127. The molecular weight excluding hydrogens is 258 g/mol. The van der Waals surface area contributed by atoms with Crippen molar-refractivity contribution in [1.82, 2.24) is 0 Å². The predicted octanol–water partition coefficient (Wildman–Crippen LogP) is 3.20. The molecule has 56 valence electrons. The summed E-state index contributed by atoms with van der Waals surface area (Å²) >= 11 is 2.11. The summed E-state index contributed by atoms with van der Waals surface area (Å²) in [5.74, 6) is 0.781. The Kier molecular flexibility index (Phi) is 6.03. The molecule has 0 saturated heterocycles. The van der Waals surface area contributed by atoms with Crippen LogP contribution in [-0.2, 0) is 4.52 Å². The number of allylic oxidation sites excluding steroid dienone is 4. The largest absolute Gasteiger partial charge is 0.479 e. The van der Waals surface area contributed by atoms with Crippen LogP contribution in [0.4, 0.5) is 0 Å². The highest BCUT2D eigenvalue weighted by Crippen LogP contribution is 2.18. The predicted molar refractivity (Wildman–Crippen MR) is 56.9 cm³/mol. The van der Waals surface area contributed by atoms with Crippen molar-refractivity contribution in [1.29, 1.82) is 0 Å². The average molecular weight is 268 g/mol. The smallest absolute Gasteiger partial charge is 0.135 e. The molecule has 0 bridgehead atoms. The van der Waals surface area contributed by atoms with Crippen LogP contribution in [0.1, 0.15) is 6.92 Å². The van der Waals surface area contributed by atoms with Crippen molar-refractivity contribution in [2.75, 3.05) is 0 Å². The van der Waals surface area contributed by atoms with Gasteiger partial charge in [-0.1, -0.05) is 18.7 Å². The molecule has 0 aliphatic heterocycles. The molecule has 0 rings (SSSR count). The van der Waals surface area contributed by atoms with Crippen molar-refractivity contribution in [3.63, 3.8) is 0 Å². The summed E-state index contributed by atoms with van der Waals surface area (Å²) in [4.78, 5) is 0. The molecule has 0 spiro atoms. The molecular formula is C7H10IOP. The van der Waals surface area contributed by atoms with Gasteiger partial charge in [0, 0.05) is 3.58 Å². The minimum atomic E-state index is 0.781. The van der Waals surface area contributed by atoms with Gasteiger partial charge in [-0.2, -0.15) is 0 Å². The second-order valence-corrected chi connectivity index (χ2v) is 3.12. The van der Waals surface area contributed by atoms with Crippen LogP contribution < -0.4 is 0 Å². The number of halogens is 1. The van der Waals surface area contributed by atoms with Crippen LogP contribution in [0.15, 0.2) is 34.1 Å². The normalized spacial score (nSPS) is 12.1. The zero-order valence-corrected chi connectivity index (χ0v) is 9.11. The fourth-order valence-corrected chi connectivity index (χ4v) is 1.14. The summed E-state index contributed by atoms with van der Waals surface area (Å²) in [5, 5.41) is 0. The molecule has 0 heterocycles. The highest BCUT2D eigenvalue weighted by Gasteiger charge is 1.93. The van der Waals surface area contributed by atoms with Crippen LogP contribution in [0, 0.1) is 0 Å². The number of hydrogen-bond acceptors (Lipinski definition) is 1. The van der Waals surface area contributed by atoms with Crippen molar-refractivity contribution < 1.29 is 4.52 Å². The molecule has 1 unspecified atom stereocenters. The Bertz CT molecular complexity index is 172. The maximum absolute atomic E-state index is 4.93. The van der Waals surface area contributed by atoms with Gasteiger partial charge in [-0.15, -0.1) is 0 Å². The SMILES string of the molecule is C=C(I)/C(=C\C=C/C)OP. The molecule has 1 nitrogen and oxygen atoms in total. The van der Waals surface area contributed by atoms with Crippen LogP contribution >= 0.6 is 32.1 Å². The lowest BCUT2D eigenvalue weighted by Gasteiger charge is -1.99. The Morgan fingerprint density at radius 3 is 2.60 bits per heavy atom. The van der Waals surface area contributed by atoms with Gasteiger partial charge in [-0.25, -0.2) is 0 Å². The van der Waals surface area contributed by atoms with E-state index >= 15 is 0 Å². The van der Waals surface area contributed by atoms with Crippen molar-refractivity contribution >= 4 is 32.1 Å². The third-order valence-electron chi connectivity index (χ3n) is 0.834. The van der Waals surface area contributed by atoms with Gasteiger partial charge in [0.2, 0.25) is 0 Å².